The van der Waals surface area contributed by atoms with E-state index in [1.807, 2.05) is 46.1 Å². The molecule has 0 saturated heterocycles. The minimum Gasteiger partial charge on any atom is -0.391 e. The maximum Gasteiger partial charge on any atom is 0.150 e. The summed E-state index contributed by atoms with van der Waals surface area (Å²) in [6.07, 6.45) is 4.50. The van der Waals surface area contributed by atoms with E-state index < -0.39 is 0 Å². The van der Waals surface area contributed by atoms with Crippen LogP contribution in [0, 0.1) is 5.41 Å². The van der Waals surface area contributed by atoms with Crippen LogP contribution >= 0.6 is 0 Å². The monoisotopic (exact) mass is 425 g/mol. The third-order valence-electron chi connectivity index (χ3n) is 5.65. The summed E-state index contributed by atoms with van der Waals surface area (Å²) in [5.74, 6) is 0. The van der Waals surface area contributed by atoms with Gasteiger partial charge in [-0.3, -0.25) is 4.79 Å². The minimum absolute atomic E-state index is 0.335. The van der Waals surface area contributed by atoms with Crippen molar-refractivity contribution >= 4 is 22.8 Å². The van der Waals surface area contributed by atoms with Crippen LogP contribution in [0.25, 0.3) is 16.5 Å². The first-order valence-electron chi connectivity index (χ1n) is 11.1. The highest BCUT2D eigenvalue weighted by atomic mass is 16.5. The van der Waals surface area contributed by atoms with Crippen LogP contribution in [0.1, 0.15) is 63.0 Å². The summed E-state index contributed by atoms with van der Waals surface area (Å²) >= 11 is 0. The Morgan fingerprint density at radius 2 is 2.03 bits per heavy atom. The predicted molar refractivity (Wildman–Crippen MR) is 131 cm³/mol. The van der Waals surface area contributed by atoms with Crippen molar-refractivity contribution in [2.45, 2.75) is 53.1 Å². The molecule has 31 heavy (non-hydrogen) atoms. The standard InChI is InChI=1S/C20H24N2O.C6H15NO/c1-13(16-7-8-20(2,3)11-19(16)21-4)18-10-15-9-14(12-23)5-6-17(15)22-18;1-6(2)8-5-4-7-3/h5-6,9-10,12,21-22H,1,7-8,11H2,2-4H3;6-7H,4-5H2,1-3H3. The molecular weight excluding hydrogens is 386 g/mol. The number of aldehydes is 1. The van der Waals surface area contributed by atoms with E-state index in [4.69, 9.17) is 4.74 Å². The molecule has 0 spiro atoms. The van der Waals surface area contributed by atoms with Crippen molar-refractivity contribution in [2.75, 3.05) is 27.2 Å². The van der Waals surface area contributed by atoms with Crippen molar-refractivity contribution < 1.29 is 9.53 Å². The summed E-state index contributed by atoms with van der Waals surface area (Å²) in [6.45, 7) is 14.8. The average molecular weight is 426 g/mol. The number of aromatic amines is 1. The molecule has 170 valence electrons. The Labute approximate surface area is 187 Å². The molecule has 2 aromatic rings. The number of allylic oxidation sites excluding steroid dienone is 3. The van der Waals surface area contributed by atoms with Gasteiger partial charge >= 0.3 is 0 Å². The average Bonchev–Trinajstić information content (AvgIpc) is 3.16. The van der Waals surface area contributed by atoms with Gasteiger partial charge in [-0.05, 0) is 81.0 Å². The molecule has 3 rings (SSSR count). The van der Waals surface area contributed by atoms with Crippen LogP contribution in [0.2, 0.25) is 0 Å². The molecule has 0 amide bonds. The zero-order chi connectivity index (χ0) is 23.0. The number of H-pyrrole nitrogens is 1. The fourth-order valence-corrected chi connectivity index (χ4v) is 3.81. The Hall–Kier alpha value is -2.37. The number of hydrogen-bond donors (Lipinski definition) is 3. The lowest BCUT2D eigenvalue weighted by atomic mass is 9.75. The maximum absolute atomic E-state index is 10.9. The number of rotatable bonds is 8. The molecule has 1 aliphatic carbocycles. The van der Waals surface area contributed by atoms with Crippen molar-refractivity contribution in [1.82, 2.24) is 15.6 Å². The second kappa shape index (κ2) is 11.3. The molecule has 5 heteroatoms. The number of ether oxygens (including phenoxy) is 1. The van der Waals surface area contributed by atoms with Gasteiger partial charge in [-0.2, -0.15) is 0 Å². The fourth-order valence-electron chi connectivity index (χ4n) is 3.81. The quantitative estimate of drug-likeness (QED) is 0.396. The number of carbonyl (C=O) groups is 1. The van der Waals surface area contributed by atoms with Crippen molar-refractivity contribution in [3.63, 3.8) is 0 Å². The first kappa shape index (κ1) is 24.9. The zero-order valence-corrected chi connectivity index (χ0v) is 20.0. The van der Waals surface area contributed by atoms with Gasteiger partial charge in [-0.1, -0.05) is 20.4 Å². The van der Waals surface area contributed by atoms with Crippen LogP contribution in [0.5, 0.6) is 0 Å². The smallest absolute Gasteiger partial charge is 0.150 e. The van der Waals surface area contributed by atoms with Crippen molar-refractivity contribution in [3.05, 3.63) is 53.4 Å². The zero-order valence-electron chi connectivity index (χ0n) is 20.0. The van der Waals surface area contributed by atoms with E-state index in [2.05, 4.69) is 42.1 Å². The lowest BCUT2D eigenvalue weighted by Gasteiger charge is -2.33. The van der Waals surface area contributed by atoms with Crippen LogP contribution in [-0.2, 0) is 4.74 Å². The molecule has 1 aromatic carbocycles. The van der Waals surface area contributed by atoms with Crippen molar-refractivity contribution in [1.29, 1.82) is 0 Å². The highest BCUT2D eigenvalue weighted by Crippen LogP contribution is 2.41. The summed E-state index contributed by atoms with van der Waals surface area (Å²) in [4.78, 5) is 14.4. The van der Waals surface area contributed by atoms with Crippen LogP contribution in [0.15, 0.2) is 42.1 Å². The summed E-state index contributed by atoms with van der Waals surface area (Å²) in [7, 11) is 3.91. The summed E-state index contributed by atoms with van der Waals surface area (Å²) in [6, 6.07) is 7.78. The van der Waals surface area contributed by atoms with Gasteiger partial charge in [0, 0.05) is 41.4 Å². The lowest BCUT2D eigenvalue weighted by molar-refractivity contribution is 0.0818. The number of carbonyl (C=O) groups excluding carboxylic acids is 1. The summed E-state index contributed by atoms with van der Waals surface area (Å²) in [5, 5.41) is 7.42. The number of nitrogens with one attached hydrogen (secondary N) is 3. The van der Waals surface area contributed by atoms with Gasteiger partial charge in [0.25, 0.3) is 0 Å². The maximum atomic E-state index is 10.9. The van der Waals surface area contributed by atoms with Crippen LogP contribution < -0.4 is 10.6 Å². The Bertz CT molecular complexity index is 922. The molecule has 0 saturated carbocycles. The largest absolute Gasteiger partial charge is 0.391 e. The number of likely N-dealkylation sites (N-methyl/N-ethyl adjacent to an activating group) is 1. The number of benzene rings is 1. The Kier molecular flexibility index (Phi) is 9.08. The van der Waals surface area contributed by atoms with Gasteiger partial charge in [0.05, 0.1) is 12.7 Å². The normalized spacial score (nSPS) is 15.6. The van der Waals surface area contributed by atoms with E-state index in [1.54, 1.807) is 0 Å². The third-order valence-corrected chi connectivity index (χ3v) is 5.65. The van der Waals surface area contributed by atoms with E-state index in [9.17, 15) is 4.79 Å². The Morgan fingerprint density at radius 1 is 1.29 bits per heavy atom. The summed E-state index contributed by atoms with van der Waals surface area (Å²) in [5.41, 5.74) is 6.76. The first-order chi connectivity index (χ1) is 14.7. The second-order valence-corrected chi connectivity index (χ2v) is 9.20. The van der Waals surface area contributed by atoms with Gasteiger partial charge in [-0.15, -0.1) is 0 Å². The molecule has 1 aromatic heterocycles. The number of fused-ring (bicyclic) bond motifs is 1. The highest BCUT2D eigenvalue weighted by molar-refractivity contribution is 5.91. The molecular formula is C26H39N3O2. The third kappa shape index (κ3) is 7.08. The highest BCUT2D eigenvalue weighted by Gasteiger charge is 2.28. The molecule has 3 N–H and O–H groups in total. The second-order valence-electron chi connectivity index (χ2n) is 9.20. The molecule has 1 heterocycles. The van der Waals surface area contributed by atoms with Gasteiger partial charge < -0.3 is 20.4 Å². The molecule has 0 aliphatic heterocycles. The van der Waals surface area contributed by atoms with E-state index in [0.29, 0.717) is 17.1 Å². The molecule has 1 aliphatic rings. The molecule has 0 atom stereocenters. The van der Waals surface area contributed by atoms with Crippen LogP contribution in [0.3, 0.4) is 0 Å². The van der Waals surface area contributed by atoms with Crippen LogP contribution in [0.4, 0.5) is 0 Å². The van der Waals surface area contributed by atoms with E-state index in [1.165, 1.54) is 17.7 Å². The van der Waals surface area contributed by atoms with E-state index in [-0.39, 0.29) is 0 Å². The van der Waals surface area contributed by atoms with Crippen molar-refractivity contribution in [3.8, 4) is 0 Å². The summed E-state index contributed by atoms with van der Waals surface area (Å²) < 4.78 is 5.22. The van der Waals surface area contributed by atoms with Gasteiger partial charge in [0.2, 0.25) is 0 Å². The lowest BCUT2D eigenvalue weighted by Crippen LogP contribution is -2.24. The predicted octanol–water partition coefficient (Wildman–Crippen LogP) is 5.31. The van der Waals surface area contributed by atoms with Gasteiger partial charge in [0.1, 0.15) is 6.29 Å². The minimum atomic E-state index is 0.335. The van der Waals surface area contributed by atoms with Gasteiger partial charge in [0.15, 0.2) is 0 Å². The van der Waals surface area contributed by atoms with Crippen LogP contribution in [-0.4, -0.2) is 44.6 Å². The number of hydrogen-bond acceptors (Lipinski definition) is 4. The topological polar surface area (TPSA) is 66.2 Å². The van der Waals surface area contributed by atoms with E-state index in [0.717, 1.165) is 54.4 Å². The van der Waals surface area contributed by atoms with Gasteiger partial charge in [-0.25, -0.2) is 0 Å². The molecule has 0 unspecified atom stereocenters. The first-order valence-corrected chi connectivity index (χ1v) is 11.1. The molecule has 0 fully saturated rings. The fraction of sp³-hybridized carbons (Fsp3) is 0.500. The number of aromatic nitrogens is 1. The SMILES string of the molecule is C=C(C1=C(NC)CC(C)(C)CC1)c1cc2cc(C=O)ccc2[nH]1.CNCCOC(C)C. The van der Waals surface area contributed by atoms with Crippen molar-refractivity contribution in [2.24, 2.45) is 5.41 Å². The van der Waals surface area contributed by atoms with E-state index >= 15 is 0 Å². The Balaban J connectivity index is 0.000000366. The Morgan fingerprint density at radius 3 is 2.65 bits per heavy atom. The molecule has 0 bridgehead atoms. The molecule has 0 radical (unpaired) electrons. The molecule has 5 nitrogen and oxygen atoms in total.